The van der Waals surface area contributed by atoms with Crippen molar-refractivity contribution in [1.29, 1.82) is 10.5 Å². The van der Waals surface area contributed by atoms with E-state index in [1.807, 2.05) is 24.3 Å². The molecule has 0 saturated carbocycles. The van der Waals surface area contributed by atoms with E-state index in [1.165, 1.54) is 4.90 Å². The first kappa shape index (κ1) is 17.3. The largest absolute Gasteiger partial charge is 0.482 e. The van der Waals surface area contributed by atoms with Crippen molar-refractivity contribution in [3.05, 3.63) is 24.3 Å². The van der Waals surface area contributed by atoms with Crippen molar-refractivity contribution in [3.8, 4) is 17.9 Å². The highest BCUT2D eigenvalue weighted by atomic mass is 16.5. The maximum atomic E-state index is 12.4. The first-order valence-corrected chi connectivity index (χ1v) is 7.71. The van der Waals surface area contributed by atoms with Gasteiger partial charge in [0, 0.05) is 26.1 Å². The summed E-state index contributed by atoms with van der Waals surface area (Å²) in [6.45, 7) is 0.792. The number of nitrogens with zero attached hydrogens (tertiary/aromatic N) is 4. The average Bonchev–Trinajstić information content (AvgIpc) is 2.60. The Labute approximate surface area is 140 Å². The van der Waals surface area contributed by atoms with Crippen molar-refractivity contribution >= 4 is 17.5 Å². The van der Waals surface area contributed by atoms with Crippen molar-refractivity contribution < 1.29 is 14.3 Å². The lowest BCUT2D eigenvalue weighted by atomic mass is 10.2. The third-order valence-corrected chi connectivity index (χ3v) is 3.70. The summed E-state index contributed by atoms with van der Waals surface area (Å²) in [7, 11) is 0. The number of anilines is 1. The Morgan fingerprint density at radius 2 is 1.88 bits per heavy atom. The highest BCUT2D eigenvalue weighted by Crippen LogP contribution is 2.31. The van der Waals surface area contributed by atoms with Crippen molar-refractivity contribution in [3.63, 3.8) is 0 Å². The second-order valence-corrected chi connectivity index (χ2v) is 5.25. The summed E-state index contributed by atoms with van der Waals surface area (Å²) in [6, 6.07) is 11.2. The van der Waals surface area contributed by atoms with Crippen LogP contribution in [0.5, 0.6) is 5.75 Å². The molecule has 1 aliphatic rings. The van der Waals surface area contributed by atoms with E-state index in [2.05, 4.69) is 0 Å². The van der Waals surface area contributed by atoms with Gasteiger partial charge in [-0.25, -0.2) is 0 Å². The number of benzene rings is 1. The molecule has 7 heteroatoms. The quantitative estimate of drug-likeness (QED) is 0.755. The molecular weight excluding hydrogens is 308 g/mol. The standard InChI is InChI=1S/C17H18N4O3/c18-8-3-10-20(11-4-9-19)16(22)7-12-21-14-5-1-2-6-15(14)24-13-17(21)23/h1-2,5-6H,3-4,7,10-13H2. The van der Waals surface area contributed by atoms with Gasteiger partial charge in [0.1, 0.15) is 5.75 Å². The molecule has 0 N–H and O–H groups in total. The number of hydrogen-bond acceptors (Lipinski definition) is 5. The molecule has 2 rings (SSSR count). The first-order chi connectivity index (χ1) is 11.7. The summed E-state index contributed by atoms with van der Waals surface area (Å²) in [5, 5.41) is 17.4. The summed E-state index contributed by atoms with van der Waals surface area (Å²) in [4.78, 5) is 27.5. The lowest BCUT2D eigenvalue weighted by Gasteiger charge is -2.30. The van der Waals surface area contributed by atoms with Crippen molar-refractivity contribution in [2.24, 2.45) is 0 Å². The Hall–Kier alpha value is -3.06. The molecule has 0 fully saturated rings. The van der Waals surface area contributed by atoms with Gasteiger partial charge < -0.3 is 14.5 Å². The predicted octanol–water partition coefficient (Wildman–Crippen LogP) is 1.46. The monoisotopic (exact) mass is 326 g/mol. The van der Waals surface area contributed by atoms with Gasteiger partial charge in [-0.1, -0.05) is 12.1 Å². The normalized spacial score (nSPS) is 12.6. The van der Waals surface area contributed by atoms with Crippen LogP contribution in [0.3, 0.4) is 0 Å². The number of ether oxygens (including phenoxy) is 1. The predicted molar refractivity (Wildman–Crippen MR) is 85.9 cm³/mol. The van der Waals surface area contributed by atoms with Gasteiger partial charge >= 0.3 is 0 Å². The number of fused-ring (bicyclic) bond motifs is 1. The number of nitriles is 2. The van der Waals surface area contributed by atoms with Crippen LogP contribution in [-0.4, -0.2) is 43.0 Å². The maximum absolute atomic E-state index is 12.4. The van der Waals surface area contributed by atoms with Gasteiger partial charge in [0.05, 0.1) is 30.7 Å². The van der Waals surface area contributed by atoms with E-state index in [9.17, 15) is 9.59 Å². The van der Waals surface area contributed by atoms with E-state index >= 15 is 0 Å². The molecule has 2 amide bonds. The summed E-state index contributed by atoms with van der Waals surface area (Å²) in [6.07, 6.45) is 0.573. The summed E-state index contributed by atoms with van der Waals surface area (Å²) < 4.78 is 5.37. The van der Waals surface area contributed by atoms with Gasteiger partial charge in [0.25, 0.3) is 5.91 Å². The number of carbonyl (C=O) groups excluding carboxylic acids is 2. The summed E-state index contributed by atoms with van der Waals surface area (Å²) in [5.74, 6) is 0.259. The highest BCUT2D eigenvalue weighted by Gasteiger charge is 2.26. The molecule has 124 valence electrons. The van der Waals surface area contributed by atoms with Crippen LogP contribution in [0, 0.1) is 22.7 Å². The smallest absolute Gasteiger partial charge is 0.265 e. The molecule has 7 nitrogen and oxygen atoms in total. The number of amides is 2. The van der Waals surface area contributed by atoms with Crippen molar-refractivity contribution in [1.82, 2.24) is 4.90 Å². The Bertz CT molecular complexity index is 672. The number of rotatable bonds is 7. The first-order valence-electron chi connectivity index (χ1n) is 7.71. The fraction of sp³-hybridized carbons (Fsp3) is 0.412. The zero-order valence-electron chi connectivity index (χ0n) is 13.3. The highest BCUT2D eigenvalue weighted by molar-refractivity contribution is 5.98. The molecule has 0 radical (unpaired) electrons. The minimum atomic E-state index is -0.193. The third kappa shape index (κ3) is 4.23. The minimum absolute atomic E-state index is 0.0439. The van der Waals surface area contributed by atoms with Gasteiger partial charge in [-0.2, -0.15) is 10.5 Å². The van der Waals surface area contributed by atoms with Crippen LogP contribution in [0.25, 0.3) is 0 Å². The molecule has 0 spiro atoms. The molecule has 0 unspecified atom stereocenters. The minimum Gasteiger partial charge on any atom is -0.482 e. The number of carbonyl (C=O) groups is 2. The van der Waals surface area contributed by atoms with E-state index in [0.29, 0.717) is 24.5 Å². The Morgan fingerprint density at radius 1 is 1.21 bits per heavy atom. The number of para-hydroxylation sites is 2. The molecule has 0 saturated heterocycles. The van der Waals surface area contributed by atoms with Crippen molar-refractivity contribution in [2.45, 2.75) is 19.3 Å². The third-order valence-electron chi connectivity index (χ3n) is 3.70. The van der Waals surface area contributed by atoms with Gasteiger partial charge in [0.15, 0.2) is 6.61 Å². The molecule has 1 aliphatic heterocycles. The molecular formula is C17H18N4O3. The Balaban J connectivity index is 2.00. The van der Waals surface area contributed by atoms with Crippen LogP contribution in [0.1, 0.15) is 19.3 Å². The van der Waals surface area contributed by atoms with Gasteiger partial charge in [-0.05, 0) is 12.1 Å². The van der Waals surface area contributed by atoms with Gasteiger partial charge in [-0.15, -0.1) is 0 Å². The van der Waals surface area contributed by atoms with E-state index in [4.69, 9.17) is 15.3 Å². The summed E-state index contributed by atoms with van der Waals surface area (Å²) >= 11 is 0. The molecule has 0 bridgehead atoms. The molecule has 1 aromatic carbocycles. The molecule has 0 aromatic heterocycles. The van der Waals surface area contributed by atoms with Crippen LogP contribution in [0.2, 0.25) is 0 Å². The zero-order chi connectivity index (χ0) is 17.4. The van der Waals surface area contributed by atoms with Crippen LogP contribution in [-0.2, 0) is 9.59 Å². The average molecular weight is 326 g/mol. The number of hydrogen-bond donors (Lipinski definition) is 0. The molecule has 1 heterocycles. The Morgan fingerprint density at radius 3 is 2.54 bits per heavy atom. The molecule has 0 aliphatic carbocycles. The van der Waals surface area contributed by atoms with E-state index < -0.39 is 0 Å². The van der Waals surface area contributed by atoms with Crippen LogP contribution in [0.4, 0.5) is 5.69 Å². The second kappa shape index (κ2) is 8.54. The van der Waals surface area contributed by atoms with Gasteiger partial charge in [0.2, 0.25) is 5.91 Å². The lowest BCUT2D eigenvalue weighted by molar-refractivity contribution is -0.131. The zero-order valence-corrected chi connectivity index (χ0v) is 13.3. The lowest BCUT2D eigenvalue weighted by Crippen LogP contribution is -2.42. The van der Waals surface area contributed by atoms with Crippen LogP contribution in [0.15, 0.2) is 24.3 Å². The van der Waals surface area contributed by atoms with Crippen LogP contribution >= 0.6 is 0 Å². The van der Waals surface area contributed by atoms with E-state index in [0.717, 1.165) is 0 Å². The SMILES string of the molecule is N#CCCN(CCC#N)C(=O)CCN1C(=O)COc2ccccc21. The fourth-order valence-corrected chi connectivity index (χ4v) is 2.50. The summed E-state index contributed by atoms with van der Waals surface area (Å²) in [5.41, 5.74) is 0.655. The molecule has 1 aromatic rings. The van der Waals surface area contributed by atoms with Crippen LogP contribution < -0.4 is 9.64 Å². The van der Waals surface area contributed by atoms with Crippen molar-refractivity contribution in [2.75, 3.05) is 31.1 Å². The van der Waals surface area contributed by atoms with E-state index in [-0.39, 0.29) is 44.2 Å². The van der Waals surface area contributed by atoms with E-state index in [1.54, 1.807) is 17.0 Å². The van der Waals surface area contributed by atoms with Gasteiger partial charge in [-0.3, -0.25) is 9.59 Å². The Kier molecular flexibility index (Phi) is 6.16. The molecule has 24 heavy (non-hydrogen) atoms. The topological polar surface area (TPSA) is 97.4 Å². The second-order valence-electron chi connectivity index (χ2n) is 5.25. The molecule has 0 atom stereocenters. The fourth-order valence-electron chi connectivity index (χ4n) is 2.50. The maximum Gasteiger partial charge on any atom is 0.265 e.